The van der Waals surface area contributed by atoms with Gasteiger partial charge in [0.05, 0.1) is 12.9 Å². The molecule has 2 heterocycles. The Kier molecular flexibility index (Phi) is 6.53. The van der Waals surface area contributed by atoms with Crippen molar-refractivity contribution in [3.05, 3.63) is 18.7 Å². The van der Waals surface area contributed by atoms with Gasteiger partial charge in [0.1, 0.15) is 11.2 Å². The highest BCUT2D eigenvalue weighted by Gasteiger charge is 2.31. The number of aromatic nitrogens is 4. The van der Waals surface area contributed by atoms with Gasteiger partial charge >= 0.3 is 12.2 Å². The van der Waals surface area contributed by atoms with Gasteiger partial charge in [-0.1, -0.05) is 6.58 Å². The van der Waals surface area contributed by atoms with Gasteiger partial charge in [-0.15, -0.1) is 0 Å². The van der Waals surface area contributed by atoms with E-state index in [1.807, 2.05) is 0 Å². The molecule has 0 aliphatic heterocycles. The van der Waals surface area contributed by atoms with E-state index < -0.39 is 23.4 Å². The van der Waals surface area contributed by atoms with Crippen molar-refractivity contribution >= 4 is 34.9 Å². The summed E-state index contributed by atoms with van der Waals surface area (Å²) in [6, 6.07) is 0. The highest BCUT2D eigenvalue weighted by Crippen LogP contribution is 2.24. The number of anilines is 1. The van der Waals surface area contributed by atoms with E-state index in [9.17, 15) is 9.59 Å². The number of H-pyrrole nitrogens is 1. The third-order valence-electron chi connectivity index (χ3n) is 3.22. The molecule has 0 aliphatic carbocycles. The normalized spacial score (nSPS) is 11.7. The molecule has 2 amide bonds. The van der Waals surface area contributed by atoms with Crippen LogP contribution in [0.25, 0.3) is 16.9 Å². The summed E-state index contributed by atoms with van der Waals surface area (Å²) >= 11 is 0. The van der Waals surface area contributed by atoms with Gasteiger partial charge < -0.3 is 19.2 Å². The molecular formula is C19H28N6O5. The van der Waals surface area contributed by atoms with Crippen LogP contribution in [0.1, 0.15) is 54.3 Å². The van der Waals surface area contributed by atoms with E-state index in [0.717, 1.165) is 5.01 Å². The number of hydrogen-bond donors (Lipinski definition) is 2. The van der Waals surface area contributed by atoms with E-state index in [4.69, 9.17) is 14.2 Å². The molecule has 0 aromatic carbocycles. The molecule has 2 rings (SSSR count). The predicted molar refractivity (Wildman–Crippen MR) is 110 cm³/mol. The Morgan fingerprint density at radius 2 is 1.77 bits per heavy atom. The summed E-state index contributed by atoms with van der Waals surface area (Å²) in [5, 5.41) is 0.826. The molecule has 0 fully saturated rings. The van der Waals surface area contributed by atoms with E-state index in [1.54, 1.807) is 48.5 Å². The maximum absolute atomic E-state index is 12.9. The van der Waals surface area contributed by atoms with Crippen LogP contribution in [-0.4, -0.2) is 49.9 Å². The summed E-state index contributed by atoms with van der Waals surface area (Å²) in [5.74, 6) is 0.275. The maximum atomic E-state index is 12.9. The van der Waals surface area contributed by atoms with Crippen LogP contribution in [-0.2, 0) is 14.2 Å². The molecular weight excluding hydrogens is 392 g/mol. The van der Waals surface area contributed by atoms with Crippen LogP contribution in [0.15, 0.2) is 12.9 Å². The number of nitrogens with one attached hydrogen (secondary N) is 2. The minimum atomic E-state index is -0.885. The maximum Gasteiger partial charge on any atom is 0.435 e. The zero-order valence-corrected chi connectivity index (χ0v) is 18.3. The first-order valence-electron chi connectivity index (χ1n) is 9.36. The summed E-state index contributed by atoms with van der Waals surface area (Å²) in [5.41, 5.74) is 1.30. The lowest BCUT2D eigenvalue weighted by atomic mass is 10.2. The number of ether oxygens (including phenoxy) is 3. The van der Waals surface area contributed by atoms with Gasteiger partial charge in [0, 0.05) is 0 Å². The van der Waals surface area contributed by atoms with Crippen LogP contribution < -0.4 is 10.4 Å². The lowest BCUT2D eigenvalue weighted by molar-refractivity contribution is 0.0424. The Bertz CT molecular complexity index is 941. The zero-order valence-electron chi connectivity index (χ0n) is 18.3. The molecule has 30 heavy (non-hydrogen) atoms. The number of aromatic amines is 1. The van der Waals surface area contributed by atoms with E-state index in [0.29, 0.717) is 12.3 Å². The molecule has 0 aliphatic rings. The van der Waals surface area contributed by atoms with Crippen LogP contribution in [0.4, 0.5) is 15.4 Å². The Balaban J connectivity index is 2.54. The fourth-order valence-electron chi connectivity index (χ4n) is 2.22. The average Bonchev–Trinajstić information content (AvgIpc) is 3.04. The van der Waals surface area contributed by atoms with Crippen LogP contribution in [0.2, 0.25) is 0 Å². The predicted octanol–water partition coefficient (Wildman–Crippen LogP) is 3.54. The number of amides is 2. The first kappa shape index (κ1) is 22.9. The van der Waals surface area contributed by atoms with Crippen LogP contribution in [0.3, 0.4) is 0 Å². The smallest absolute Gasteiger partial charge is 0.435 e. The molecule has 0 saturated heterocycles. The molecule has 0 radical (unpaired) electrons. The van der Waals surface area contributed by atoms with Gasteiger partial charge in [-0.3, -0.25) is 0 Å². The SMILES string of the molecule is C=C(OCC)c1nc(N(NC(=O)OC(C)(C)C)C(=O)OC(C)(C)C)c2nc[nH]c2n1. The van der Waals surface area contributed by atoms with Crippen LogP contribution in [0, 0.1) is 0 Å². The number of fused-ring (bicyclic) bond motifs is 1. The number of imidazole rings is 1. The summed E-state index contributed by atoms with van der Waals surface area (Å²) in [4.78, 5) is 41.0. The van der Waals surface area contributed by atoms with Crippen molar-refractivity contribution in [1.29, 1.82) is 0 Å². The summed E-state index contributed by atoms with van der Waals surface area (Å²) in [6.07, 6.45) is -0.373. The number of rotatable bonds is 4. The van der Waals surface area contributed by atoms with Crippen molar-refractivity contribution in [1.82, 2.24) is 25.4 Å². The molecule has 11 nitrogen and oxygen atoms in total. The van der Waals surface area contributed by atoms with Crippen molar-refractivity contribution in [2.24, 2.45) is 0 Å². The fraction of sp³-hybridized carbons (Fsp3) is 0.526. The molecule has 0 bridgehead atoms. The second kappa shape index (κ2) is 8.56. The Hall–Kier alpha value is -3.37. The Morgan fingerprint density at radius 1 is 1.13 bits per heavy atom. The lowest BCUT2D eigenvalue weighted by Gasteiger charge is -2.28. The summed E-state index contributed by atoms with van der Waals surface area (Å²) < 4.78 is 16.1. The monoisotopic (exact) mass is 420 g/mol. The zero-order chi connectivity index (χ0) is 22.7. The van der Waals surface area contributed by atoms with Gasteiger partial charge in [-0.05, 0) is 48.5 Å². The standard InChI is InChI=1S/C19H28N6O5/c1-9-28-11(2)13-22-14-12(20-10-21-14)15(23-13)25(17(27)30-19(6,7)8)24-16(26)29-18(3,4)5/h10H,2,9H2,1,3-8H3,(H,24,26)(H,20,21,22,23). The Morgan fingerprint density at radius 3 is 2.33 bits per heavy atom. The van der Waals surface area contributed by atoms with Crippen molar-refractivity contribution in [2.45, 2.75) is 59.7 Å². The minimum Gasteiger partial charge on any atom is -0.491 e. The highest BCUT2D eigenvalue weighted by molar-refractivity contribution is 5.97. The summed E-state index contributed by atoms with van der Waals surface area (Å²) in [6.45, 7) is 16.1. The molecule has 164 valence electrons. The van der Waals surface area contributed by atoms with E-state index in [2.05, 4.69) is 31.9 Å². The van der Waals surface area contributed by atoms with Gasteiger partial charge in [0.2, 0.25) is 0 Å². The molecule has 0 atom stereocenters. The molecule has 0 spiro atoms. The minimum absolute atomic E-state index is 0.0304. The second-order valence-corrected chi connectivity index (χ2v) is 8.26. The van der Waals surface area contributed by atoms with E-state index >= 15 is 0 Å². The number of carbonyl (C=O) groups excluding carboxylic acids is 2. The molecule has 11 heteroatoms. The summed E-state index contributed by atoms with van der Waals surface area (Å²) in [7, 11) is 0. The lowest BCUT2D eigenvalue weighted by Crippen LogP contribution is -2.50. The topological polar surface area (TPSA) is 132 Å². The van der Waals surface area contributed by atoms with Gasteiger partial charge in [0.25, 0.3) is 0 Å². The average molecular weight is 420 g/mol. The molecule has 2 aromatic heterocycles. The first-order valence-corrected chi connectivity index (χ1v) is 9.36. The first-order chi connectivity index (χ1) is 13.8. The largest absolute Gasteiger partial charge is 0.491 e. The third-order valence-corrected chi connectivity index (χ3v) is 3.22. The molecule has 2 aromatic rings. The van der Waals surface area contributed by atoms with Crippen molar-refractivity contribution in [3.63, 3.8) is 0 Å². The van der Waals surface area contributed by atoms with E-state index in [-0.39, 0.29) is 22.9 Å². The van der Waals surface area contributed by atoms with Crippen molar-refractivity contribution < 1.29 is 23.8 Å². The Labute approximate surface area is 174 Å². The second-order valence-electron chi connectivity index (χ2n) is 8.26. The number of carbonyl (C=O) groups is 2. The van der Waals surface area contributed by atoms with Crippen LogP contribution in [0.5, 0.6) is 0 Å². The molecule has 2 N–H and O–H groups in total. The van der Waals surface area contributed by atoms with Crippen molar-refractivity contribution in [2.75, 3.05) is 11.6 Å². The quantitative estimate of drug-likeness (QED) is 0.567. The van der Waals surface area contributed by atoms with Gasteiger partial charge in [0.15, 0.2) is 28.6 Å². The van der Waals surface area contributed by atoms with Crippen molar-refractivity contribution in [3.8, 4) is 0 Å². The number of hydrogen-bond acceptors (Lipinski definition) is 8. The highest BCUT2D eigenvalue weighted by atomic mass is 16.6. The van der Waals surface area contributed by atoms with E-state index in [1.165, 1.54) is 6.33 Å². The third kappa shape index (κ3) is 6.06. The van der Waals surface area contributed by atoms with Crippen LogP contribution >= 0.6 is 0 Å². The number of hydrazine groups is 1. The fourth-order valence-corrected chi connectivity index (χ4v) is 2.22. The molecule has 0 unspecified atom stereocenters. The number of nitrogens with zero attached hydrogens (tertiary/aromatic N) is 4. The van der Waals surface area contributed by atoms with Gasteiger partial charge in [-0.25, -0.2) is 30.0 Å². The van der Waals surface area contributed by atoms with Gasteiger partial charge in [-0.2, -0.15) is 5.01 Å². The molecule has 0 saturated carbocycles.